The molecule has 0 atom stereocenters. The van der Waals surface area contributed by atoms with Gasteiger partial charge in [-0.1, -0.05) is 179 Å². The zero-order valence-corrected chi connectivity index (χ0v) is 43.4. The van der Waals surface area contributed by atoms with Gasteiger partial charge in [-0.2, -0.15) is 0 Å². The van der Waals surface area contributed by atoms with Crippen LogP contribution in [0.25, 0.3) is 43.7 Å². The summed E-state index contributed by atoms with van der Waals surface area (Å²) in [6.07, 6.45) is 5.23. The summed E-state index contributed by atoms with van der Waals surface area (Å²) in [5.74, 6) is 0.104. The molecule has 2 aromatic heterocycles. The summed E-state index contributed by atoms with van der Waals surface area (Å²) < 4.78 is 0. The van der Waals surface area contributed by atoms with E-state index in [0.29, 0.717) is 0 Å². The maximum Gasteiger partial charge on any atom is 0.180 e. The van der Waals surface area contributed by atoms with Crippen molar-refractivity contribution in [1.29, 1.82) is 0 Å². The van der Waals surface area contributed by atoms with Gasteiger partial charge in [-0.15, -0.1) is 65.0 Å². The van der Waals surface area contributed by atoms with E-state index in [1.165, 1.54) is 59.5 Å². The fourth-order valence-corrected chi connectivity index (χ4v) is 13.6. The van der Waals surface area contributed by atoms with Crippen LogP contribution in [0.1, 0.15) is 94.2 Å². The molecule has 0 spiro atoms. The first-order chi connectivity index (χ1) is 30.1. The van der Waals surface area contributed by atoms with Crippen LogP contribution in [0.4, 0.5) is 0 Å². The molecule has 65 heavy (non-hydrogen) atoms. The number of aromatic nitrogens is 2. The summed E-state index contributed by atoms with van der Waals surface area (Å²) in [6.45, 7) is 24.5. The number of aliphatic hydroxyl groups is 1. The molecule has 335 valence electrons. The van der Waals surface area contributed by atoms with Gasteiger partial charge in [-0.25, -0.2) is 0 Å². The topological polar surface area (TPSA) is 63.1 Å². The predicted molar refractivity (Wildman–Crippen MR) is 273 cm³/mol. The standard InChI is InChI=1S/C29H18NSi.C19H24N.C11H20O2.Ir/c1-3-10-20(11-4-1)31(21-12-5-2-6-13-21)25-17-9-16-23-22-14-7-8-15-24(22)29-28(27(23)25)26(31)18-19-30-29;1-18(2,3)15-9-7-8-14(12-15)17-13-16(10-11-20-17)19(4,5)6;1-10(2,3)8(12)7-9(13)11(4,5)6;/h1-14,16-19H;7,9-13H,1-6H3;7,12H,1-6H3;/q2*-1;;/b;;8-7-;. The molecule has 9 rings (SSSR count). The number of fused-ring (bicyclic) bond motifs is 3. The first-order valence-corrected chi connectivity index (χ1v) is 24.3. The Morgan fingerprint density at radius 1 is 0.569 bits per heavy atom. The maximum absolute atomic E-state index is 11.5. The minimum Gasteiger partial charge on any atom is -0.512 e. The molecule has 0 aliphatic carbocycles. The van der Waals surface area contributed by atoms with Gasteiger partial charge in [-0.05, 0) is 71.3 Å². The second kappa shape index (κ2) is 18.8. The Balaban J connectivity index is 0.000000179. The van der Waals surface area contributed by atoms with Crippen molar-refractivity contribution < 1.29 is 30.0 Å². The molecule has 0 unspecified atom stereocenters. The summed E-state index contributed by atoms with van der Waals surface area (Å²) >= 11 is 0. The molecular formula is C59H62IrN2O2Si-2. The number of pyridine rings is 2. The number of hydrogen-bond donors (Lipinski definition) is 1. The second-order valence-electron chi connectivity index (χ2n) is 21.1. The maximum atomic E-state index is 11.5. The van der Waals surface area contributed by atoms with Gasteiger partial charge in [0.25, 0.3) is 0 Å². The first-order valence-electron chi connectivity index (χ1n) is 22.3. The average Bonchev–Trinajstić information content (AvgIpc) is 3.58. The fourth-order valence-electron chi connectivity index (χ4n) is 8.43. The van der Waals surface area contributed by atoms with E-state index in [1.54, 1.807) is 0 Å². The van der Waals surface area contributed by atoms with E-state index >= 15 is 0 Å². The van der Waals surface area contributed by atoms with Crippen molar-refractivity contribution in [2.45, 2.75) is 93.9 Å². The number of ketones is 1. The van der Waals surface area contributed by atoms with E-state index in [9.17, 15) is 9.90 Å². The molecule has 6 heteroatoms. The molecule has 3 heterocycles. The van der Waals surface area contributed by atoms with Crippen LogP contribution in [0.2, 0.25) is 0 Å². The summed E-state index contributed by atoms with van der Waals surface area (Å²) in [4.78, 5) is 20.9. The SMILES string of the molecule is CC(C)(C)C(=O)/C=C(\O)C(C)(C)C.CC(C)(C)c1cc[c-]c(-c2cc(C(C)(C)C)ccn2)c1.[Ir].[c-]1cccc2c1c1nccc3c1c1c(cccc21)[Si]3(c1ccccc1)c1ccccc1. The van der Waals surface area contributed by atoms with Gasteiger partial charge in [0.15, 0.2) is 13.9 Å². The molecule has 0 amide bonds. The van der Waals surface area contributed by atoms with Gasteiger partial charge < -0.3 is 15.1 Å². The number of rotatable bonds is 4. The van der Waals surface area contributed by atoms with Crippen molar-refractivity contribution in [1.82, 2.24) is 9.97 Å². The smallest absolute Gasteiger partial charge is 0.180 e. The summed E-state index contributed by atoms with van der Waals surface area (Å²) in [5.41, 5.74) is 5.29. The van der Waals surface area contributed by atoms with Gasteiger partial charge >= 0.3 is 0 Å². The summed E-state index contributed by atoms with van der Waals surface area (Å²) in [5, 5.41) is 21.7. The van der Waals surface area contributed by atoms with Gasteiger partial charge in [0.2, 0.25) is 0 Å². The number of benzene rings is 6. The van der Waals surface area contributed by atoms with Crippen LogP contribution in [0.15, 0.2) is 158 Å². The molecule has 1 aliphatic heterocycles. The normalized spacial score (nSPS) is 13.4. The van der Waals surface area contributed by atoms with E-state index in [0.717, 1.165) is 22.2 Å². The number of nitrogens with zero attached hydrogens (tertiary/aromatic N) is 2. The minimum atomic E-state index is -2.44. The number of allylic oxidation sites excluding steroid dienone is 2. The monoisotopic (exact) mass is 1050 g/mol. The van der Waals surface area contributed by atoms with Crippen molar-refractivity contribution >= 4 is 67.1 Å². The molecule has 6 aromatic carbocycles. The molecule has 8 aromatic rings. The largest absolute Gasteiger partial charge is 0.512 e. The van der Waals surface area contributed by atoms with Crippen molar-refractivity contribution in [2.75, 3.05) is 0 Å². The third-order valence-electron chi connectivity index (χ3n) is 12.2. The van der Waals surface area contributed by atoms with E-state index in [-0.39, 0.29) is 47.9 Å². The van der Waals surface area contributed by atoms with Crippen molar-refractivity contribution in [2.24, 2.45) is 10.8 Å². The molecule has 0 saturated heterocycles. The second-order valence-corrected chi connectivity index (χ2v) is 24.8. The third kappa shape index (κ3) is 9.87. The number of carbonyl (C=O) groups is 1. The quantitative estimate of drug-likeness (QED) is 0.0627. The van der Waals surface area contributed by atoms with Gasteiger partial charge in [0.05, 0.1) is 0 Å². The number of hydrogen-bond acceptors (Lipinski definition) is 4. The van der Waals surface area contributed by atoms with E-state index in [4.69, 9.17) is 4.98 Å². The molecule has 1 aliphatic rings. The zero-order chi connectivity index (χ0) is 46.2. The van der Waals surface area contributed by atoms with Crippen LogP contribution in [-0.2, 0) is 35.7 Å². The Bertz CT molecular complexity index is 2820. The van der Waals surface area contributed by atoms with Crippen LogP contribution in [0, 0.1) is 23.0 Å². The zero-order valence-electron chi connectivity index (χ0n) is 40.0. The molecule has 0 bridgehead atoms. The summed E-state index contributed by atoms with van der Waals surface area (Å²) in [6, 6.07) is 55.1. The van der Waals surface area contributed by atoms with Crippen LogP contribution < -0.4 is 20.7 Å². The van der Waals surface area contributed by atoms with Crippen LogP contribution in [0.5, 0.6) is 0 Å². The minimum absolute atomic E-state index is 0. The molecule has 0 saturated carbocycles. The Labute approximate surface area is 401 Å². The van der Waals surface area contributed by atoms with Crippen LogP contribution in [-0.4, -0.2) is 28.9 Å². The van der Waals surface area contributed by atoms with E-state index in [2.05, 4.69) is 180 Å². The molecule has 0 fully saturated rings. The Morgan fingerprint density at radius 3 is 1.72 bits per heavy atom. The number of carbonyl (C=O) groups excluding carboxylic acids is 1. The average molecular weight is 1050 g/mol. The van der Waals surface area contributed by atoms with Crippen molar-refractivity contribution in [3.8, 4) is 11.3 Å². The van der Waals surface area contributed by atoms with Crippen LogP contribution >= 0.6 is 0 Å². The number of aliphatic hydroxyl groups excluding tert-OH is 1. The van der Waals surface area contributed by atoms with Crippen molar-refractivity contribution in [3.63, 3.8) is 0 Å². The Hall–Kier alpha value is -5.52. The van der Waals surface area contributed by atoms with Gasteiger partial charge in [-0.3, -0.25) is 4.79 Å². The van der Waals surface area contributed by atoms with Crippen molar-refractivity contribution in [3.05, 3.63) is 181 Å². The third-order valence-corrected chi connectivity index (χ3v) is 17.1. The molecule has 1 N–H and O–H groups in total. The van der Waals surface area contributed by atoms with E-state index < -0.39 is 13.5 Å². The Morgan fingerprint density at radius 2 is 1.14 bits per heavy atom. The molecular weight excluding hydrogens is 989 g/mol. The molecule has 4 nitrogen and oxygen atoms in total. The van der Waals surface area contributed by atoms with Gasteiger partial charge in [0.1, 0.15) is 5.76 Å². The van der Waals surface area contributed by atoms with E-state index in [1.807, 2.05) is 66.1 Å². The molecule has 1 radical (unpaired) electrons. The predicted octanol–water partition coefficient (Wildman–Crippen LogP) is 12.3. The fraction of sp³-hybridized carbons (Fsp3) is 0.271. The first kappa shape index (κ1) is 48.9. The van der Waals surface area contributed by atoms with Crippen LogP contribution in [0.3, 0.4) is 0 Å². The summed E-state index contributed by atoms with van der Waals surface area (Å²) in [7, 11) is -2.44. The van der Waals surface area contributed by atoms with Gasteiger partial charge in [0, 0.05) is 49.4 Å². The Kier molecular flexibility index (Phi) is 14.1.